The van der Waals surface area contributed by atoms with Crippen molar-refractivity contribution in [3.8, 4) is 5.75 Å². The Balaban J connectivity index is 2.05. The second-order valence-corrected chi connectivity index (χ2v) is 8.23. The van der Waals surface area contributed by atoms with Gasteiger partial charge in [0.2, 0.25) is 5.91 Å². The van der Waals surface area contributed by atoms with Gasteiger partial charge in [0.05, 0.1) is 13.7 Å². The molecule has 0 spiro atoms. The van der Waals surface area contributed by atoms with E-state index in [1.54, 1.807) is 7.11 Å². The molecule has 158 valence electrons. The van der Waals surface area contributed by atoms with Gasteiger partial charge in [-0.1, -0.05) is 27.7 Å². The molecule has 28 heavy (non-hydrogen) atoms. The number of ether oxygens (including phenoxy) is 1. The SMILES string of the molecule is COc1cc(C(C)C)c(NC(=O)CN2CCN(CCCO)CC2)c(C(C)C)c1. The Morgan fingerprint density at radius 1 is 1.07 bits per heavy atom. The number of rotatable bonds is 9. The zero-order valence-electron chi connectivity index (χ0n) is 18.1. The summed E-state index contributed by atoms with van der Waals surface area (Å²) in [6.45, 7) is 13.8. The van der Waals surface area contributed by atoms with Crippen LogP contribution in [0.4, 0.5) is 5.69 Å². The molecule has 0 aromatic heterocycles. The number of carbonyl (C=O) groups is 1. The maximum Gasteiger partial charge on any atom is 0.238 e. The van der Waals surface area contributed by atoms with Crippen LogP contribution in [0.3, 0.4) is 0 Å². The van der Waals surface area contributed by atoms with Crippen LogP contribution in [0.1, 0.15) is 57.1 Å². The van der Waals surface area contributed by atoms with Gasteiger partial charge in [-0.25, -0.2) is 0 Å². The minimum absolute atomic E-state index is 0.0396. The first-order valence-corrected chi connectivity index (χ1v) is 10.4. The average Bonchev–Trinajstić information content (AvgIpc) is 2.67. The Kier molecular flexibility index (Phi) is 8.73. The topological polar surface area (TPSA) is 65.0 Å². The maximum absolute atomic E-state index is 12.8. The van der Waals surface area contributed by atoms with E-state index in [1.165, 1.54) is 0 Å². The van der Waals surface area contributed by atoms with E-state index in [4.69, 9.17) is 9.84 Å². The van der Waals surface area contributed by atoms with E-state index >= 15 is 0 Å². The van der Waals surface area contributed by atoms with Gasteiger partial charge in [-0.3, -0.25) is 9.69 Å². The summed E-state index contributed by atoms with van der Waals surface area (Å²) in [7, 11) is 1.68. The van der Waals surface area contributed by atoms with Crippen LogP contribution in [0.15, 0.2) is 12.1 Å². The Hall–Kier alpha value is -1.63. The fourth-order valence-corrected chi connectivity index (χ4v) is 3.68. The van der Waals surface area contributed by atoms with Crippen LogP contribution in [0, 0.1) is 0 Å². The van der Waals surface area contributed by atoms with E-state index in [-0.39, 0.29) is 24.3 Å². The maximum atomic E-state index is 12.8. The van der Waals surface area contributed by atoms with Crippen LogP contribution in [0.5, 0.6) is 5.75 Å². The minimum atomic E-state index is 0.0396. The van der Waals surface area contributed by atoms with E-state index in [0.29, 0.717) is 6.54 Å². The van der Waals surface area contributed by atoms with Gasteiger partial charge in [0, 0.05) is 45.0 Å². The molecule has 1 aliphatic heterocycles. The molecule has 0 bridgehead atoms. The van der Waals surface area contributed by atoms with Crippen molar-refractivity contribution in [2.24, 2.45) is 0 Å². The predicted octanol–water partition coefficient (Wildman–Crippen LogP) is 2.88. The molecule has 2 N–H and O–H groups in total. The quantitative estimate of drug-likeness (QED) is 0.678. The summed E-state index contributed by atoms with van der Waals surface area (Å²) in [5, 5.41) is 12.2. The molecule has 1 aromatic rings. The minimum Gasteiger partial charge on any atom is -0.497 e. The molecule has 1 saturated heterocycles. The summed E-state index contributed by atoms with van der Waals surface area (Å²) < 4.78 is 5.47. The van der Waals surface area contributed by atoms with E-state index in [2.05, 4.69) is 42.8 Å². The van der Waals surface area contributed by atoms with E-state index < -0.39 is 0 Å². The number of methoxy groups -OCH3 is 1. The highest BCUT2D eigenvalue weighted by atomic mass is 16.5. The largest absolute Gasteiger partial charge is 0.497 e. The van der Waals surface area contributed by atoms with Crippen molar-refractivity contribution in [3.05, 3.63) is 23.3 Å². The number of nitrogens with zero attached hydrogens (tertiary/aromatic N) is 2. The van der Waals surface area contributed by atoms with Crippen molar-refractivity contribution in [2.45, 2.75) is 46.0 Å². The summed E-state index contributed by atoms with van der Waals surface area (Å²) in [6.07, 6.45) is 0.813. The Morgan fingerprint density at radius 3 is 2.07 bits per heavy atom. The first-order valence-electron chi connectivity index (χ1n) is 10.4. The molecular formula is C22H37N3O3. The first kappa shape index (κ1) is 22.7. The molecule has 1 fully saturated rings. The molecular weight excluding hydrogens is 354 g/mol. The highest BCUT2D eigenvalue weighted by Crippen LogP contribution is 2.36. The Morgan fingerprint density at radius 2 is 1.61 bits per heavy atom. The molecule has 2 rings (SSSR count). The predicted molar refractivity (Wildman–Crippen MR) is 114 cm³/mol. The van der Waals surface area contributed by atoms with Crippen LogP contribution in [0.2, 0.25) is 0 Å². The molecule has 0 atom stereocenters. The van der Waals surface area contributed by atoms with Crippen LogP contribution in [-0.4, -0.2) is 73.8 Å². The fourth-order valence-electron chi connectivity index (χ4n) is 3.68. The number of aliphatic hydroxyl groups is 1. The molecule has 1 heterocycles. The standard InChI is InChI=1S/C22H37N3O3/c1-16(2)19-13-18(28-5)14-20(17(3)4)22(19)23-21(27)15-25-10-8-24(9-11-25)7-6-12-26/h13-14,16-17,26H,6-12,15H2,1-5H3,(H,23,27). The fraction of sp³-hybridized carbons (Fsp3) is 0.682. The number of hydrogen-bond donors (Lipinski definition) is 2. The number of nitrogens with one attached hydrogen (secondary N) is 1. The van der Waals surface area contributed by atoms with Crippen molar-refractivity contribution in [1.82, 2.24) is 9.80 Å². The van der Waals surface area contributed by atoms with Gasteiger partial charge < -0.3 is 20.1 Å². The zero-order chi connectivity index (χ0) is 20.7. The van der Waals surface area contributed by atoms with Gasteiger partial charge in [-0.2, -0.15) is 0 Å². The lowest BCUT2D eigenvalue weighted by Gasteiger charge is -2.34. The van der Waals surface area contributed by atoms with Crippen molar-refractivity contribution in [3.63, 3.8) is 0 Å². The van der Waals surface area contributed by atoms with Gasteiger partial charge in [0.25, 0.3) is 0 Å². The van der Waals surface area contributed by atoms with E-state index in [1.807, 2.05) is 12.1 Å². The second kappa shape index (κ2) is 10.8. The number of aliphatic hydroxyl groups excluding tert-OH is 1. The lowest BCUT2D eigenvalue weighted by Crippen LogP contribution is -2.48. The summed E-state index contributed by atoms with van der Waals surface area (Å²) in [6, 6.07) is 4.07. The monoisotopic (exact) mass is 391 g/mol. The van der Waals surface area contributed by atoms with Crippen LogP contribution in [0.25, 0.3) is 0 Å². The van der Waals surface area contributed by atoms with Crippen molar-refractivity contribution >= 4 is 11.6 Å². The third-order valence-electron chi connectivity index (χ3n) is 5.38. The van der Waals surface area contributed by atoms with Gasteiger partial charge in [-0.15, -0.1) is 0 Å². The van der Waals surface area contributed by atoms with Crippen LogP contribution in [-0.2, 0) is 4.79 Å². The van der Waals surface area contributed by atoms with Crippen molar-refractivity contribution < 1.29 is 14.6 Å². The smallest absolute Gasteiger partial charge is 0.238 e. The van der Waals surface area contributed by atoms with Gasteiger partial charge in [-0.05, 0) is 41.5 Å². The lowest BCUT2D eigenvalue weighted by molar-refractivity contribution is -0.117. The molecule has 1 aromatic carbocycles. The average molecular weight is 392 g/mol. The number of carbonyl (C=O) groups excluding carboxylic acids is 1. The van der Waals surface area contributed by atoms with Crippen molar-refractivity contribution in [1.29, 1.82) is 0 Å². The van der Waals surface area contributed by atoms with Gasteiger partial charge in [0.15, 0.2) is 0 Å². The summed E-state index contributed by atoms with van der Waals surface area (Å²) >= 11 is 0. The van der Waals surface area contributed by atoms with E-state index in [0.717, 1.165) is 61.7 Å². The summed E-state index contributed by atoms with van der Waals surface area (Å²) in [5.74, 6) is 1.46. The number of benzene rings is 1. The molecule has 1 aliphatic rings. The van der Waals surface area contributed by atoms with Gasteiger partial charge >= 0.3 is 0 Å². The zero-order valence-corrected chi connectivity index (χ0v) is 18.1. The number of amides is 1. The van der Waals surface area contributed by atoms with Gasteiger partial charge in [0.1, 0.15) is 5.75 Å². The lowest BCUT2D eigenvalue weighted by atomic mass is 9.92. The molecule has 6 heteroatoms. The van der Waals surface area contributed by atoms with E-state index in [9.17, 15) is 4.79 Å². The third-order valence-corrected chi connectivity index (χ3v) is 5.38. The normalized spacial score (nSPS) is 16.0. The molecule has 1 amide bonds. The number of piperazine rings is 1. The molecule has 0 saturated carbocycles. The summed E-state index contributed by atoms with van der Waals surface area (Å²) in [5.41, 5.74) is 3.17. The molecule has 0 aliphatic carbocycles. The third kappa shape index (κ3) is 6.19. The second-order valence-electron chi connectivity index (χ2n) is 8.23. The molecule has 0 unspecified atom stereocenters. The highest BCUT2D eigenvalue weighted by molar-refractivity contribution is 5.94. The number of anilines is 1. The summed E-state index contributed by atoms with van der Waals surface area (Å²) in [4.78, 5) is 17.4. The van der Waals surface area contributed by atoms with Crippen LogP contribution < -0.4 is 10.1 Å². The van der Waals surface area contributed by atoms with Crippen LogP contribution >= 0.6 is 0 Å². The van der Waals surface area contributed by atoms with Crippen molar-refractivity contribution in [2.75, 3.05) is 58.3 Å². The molecule has 0 radical (unpaired) electrons. The Labute approximate surface area is 169 Å². The number of hydrogen-bond acceptors (Lipinski definition) is 5. The Bertz CT molecular complexity index is 609. The highest BCUT2D eigenvalue weighted by Gasteiger charge is 2.21. The molecule has 6 nitrogen and oxygen atoms in total. The first-order chi connectivity index (χ1) is 13.3.